The Labute approximate surface area is 118 Å². The van der Waals surface area contributed by atoms with Crippen molar-refractivity contribution < 1.29 is 9.13 Å². The number of benzene rings is 1. The highest BCUT2D eigenvalue weighted by molar-refractivity contribution is 5.64. The monoisotopic (exact) mass is 274 g/mol. The van der Waals surface area contributed by atoms with E-state index in [1.165, 1.54) is 0 Å². The van der Waals surface area contributed by atoms with Gasteiger partial charge in [-0.2, -0.15) is 0 Å². The van der Waals surface area contributed by atoms with E-state index in [0.29, 0.717) is 17.9 Å². The highest BCUT2D eigenvalue weighted by atomic mass is 19.1. The van der Waals surface area contributed by atoms with E-state index in [1.807, 2.05) is 18.2 Å². The Morgan fingerprint density at radius 3 is 2.75 bits per heavy atom. The molecule has 1 aromatic carbocycles. The van der Waals surface area contributed by atoms with Crippen LogP contribution < -0.4 is 10.1 Å². The van der Waals surface area contributed by atoms with E-state index >= 15 is 0 Å². The molecule has 1 N–H and O–H groups in total. The van der Waals surface area contributed by atoms with Gasteiger partial charge >= 0.3 is 0 Å². The predicted molar refractivity (Wildman–Crippen MR) is 78.2 cm³/mol. The number of aromatic nitrogens is 1. The van der Waals surface area contributed by atoms with Gasteiger partial charge in [-0.25, -0.2) is 4.39 Å². The van der Waals surface area contributed by atoms with Gasteiger partial charge in [0.2, 0.25) is 0 Å². The Balaban J connectivity index is 2.19. The normalized spacial score (nSPS) is 10.6. The smallest absolute Gasteiger partial charge is 0.137 e. The number of hydrogen-bond donors (Lipinski definition) is 1. The number of hydrogen-bond acceptors (Lipinski definition) is 3. The topological polar surface area (TPSA) is 34.2 Å². The molecular weight excluding hydrogens is 255 g/mol. The van der Waals surface area contributed by atoms with Crippen molar-refractivity contribution in [3.05, 3.63) is 48.0 Å². The van der Waals surface area contributed by atoms with Crippen molar-refractivity contribution in [2.75, 3.05) is 13.7 Å². The molecular formula is C16H19FN2O. The summed E-state index contributed by atoms with van der Waals surface area (Å²) in [4.78, 5) is 4.08. The first-order valence-electron chi connectivity index (χ1n) is 6.73. The van der Waals surface area contributed by atoms with E-state index in [0.717, 1.165) is 24.1 Å². The molecule has 2 aromatic rings. The number of nitrogens with zero attached hydrogens (tertiary/aromatic N) is 1. The third-order valence-corrected chi connectivity index (χ3v) is 3.08. The fourth-order valence-corrected chi connectivity index (χ4v) is 1.96. The lowest BCUT2D eigenvalue weighted by Gasteiger charge is -2.08. The van der Waals surface area contributed by atoms with E-state index in [1.54, 1.807) is 25.6 Å². The van der Waals surface area contributed by atoms with Gasteiger partial charge in [0.25, 0.3) is 0 Å². The number of ether oxygens (including phenoxy) is 1. The van der Waals surface area contributed by atoms with E-state index in [-0.39, 0.29) is 5.82 Å². The summed E-state index contributed by atoms with van der Waals surface area (Å²) in [5, 5.41) is 3.20. The fourth-order valence-electron chi connectivity index (χ4n) is 1.96. The second-order valence-electron chi connectivity index (χ2n) is 4.60. The molecule has 0 spiro atoms. The van der Waals surface area contributed by atoms with Crippen LogP contribution in [0.5, 0.6) is 5.75 Å². The molecule has 0 saturated heterocycles. The zero-order valence-electron chi connectivity index (χ0n) is 11.8. The Hall–Kier alpha value is -1.94. The van der Waals surface area contributed by atoms with Crippen LogP contribution in [-0.4, -0.2) is 18.6 Å². The minimum Gasteiger partial charge on any atom is -0.495 e. The summed E-state index contributed by atoms with van der Waals surface area (Å²) in [7, 11) is 1.59. The van der Waals surface area contributed by atoms with Crippen molar-refractivity contribution in [3.63, 3.8) is 0 Å². The molecule has 0 aliphatic carbocycles. The summed E-state index contributed by atoms with van der Waals surface area (Å²) < 4.78 is 19.2. The average Bonchev–Trinajstić information content (AvgIpc) is 2.49. The Morgan fingerprint density at radius 1 is 1.20 bits per heavy atom. The van der Waals surface area contributed by atoms with Crippen molar-refractivity contribution in [2.45, 2.75) is 19.9 Å². The maximum atomic E-state index is 14.1. The van der Waals surface area contributed by atoms with Crippen molar-refractivity contribution in [2.24, 2.45) is 0 Å². The van der Waals surface area contributed by atoms with Crippen LogP contribution in [0.25, 0.3) is 11.1 Å². The fraction of sp³-hybridized carbons (Fsp3) is 0.312. The van der Waals surface area contributed by atoms with Gasteiger partial charge in [0.15, 0.2) is 0 Å². The molecule has 3 nitrogen and oxygen atoms in total. The van der Waals surface area contributed by atoms with Gasteiger partial charge in [0.05, 0.1) is 13.3 Å². The third-order valence-electron chi connectivity index (χ3n) is 3.08. The predicted octanol–water partition coefficient (Wildman–Crippen LogP) is 3.40. The average molecular weight is 274 g/mol. The highest BCUT2D eigenvalue weighted by Crippen LogP contribution is 2.24. The van der Waals surface area contributed by atoms with Gasteiger partial charge in [-0.05, 0) is 30.7 Å². The van der Waals surface area contributed by atoms with E-state index in [2.05, 4.69) is 17.2 Å². The van der Waals surface area contributed by atoms with E-state index < -0.39 is 0 Å². The Morgan fingerprint density at radius 2 is 2.05 bits per heavy atom. The number of halogens is 1. The molecule has 2 rings (SSSR count). The molecule has 0 bridgehead atoms. The minimum absolute atomic E-state index is 0.200. The molecule has 106 valence electrons. The van der Waals surface area contributed by atoms with Crippen molar-refractivity contribution in [1.29, 1.82) is 0 Å². The first-order chi connectivity index (χ1) is 9.74. The Kier molecular flexibility index (Phi) is 5.07. The first-order valence-corrected chi connectivity index (χ1v) is 6.73. The summed E-state index contributed by atoms with van der Waals surface area (Å²) in [5.74, 6) is 0.463. The van der Waals surface area contributed by atoms with Crippen LogP contribution in [-0.2, 0) is 6.54 Å². The van der Waals surface area contributed by atoms with E-state index in [9.17, 15) is 4.39 Å². The maximum absolute atomic E-state index is 14.1. The van der Waals surface area contributed by atoms with Gasteiger partial charge in [-0.1, -0.05) is 19.1 Å². The molecule has 1 aromatic heterocycles. The zero-order chi connectivity index (χ0) is 14.4. The largest absolute Gasteiger partial charge is 0.495 e. The summed E-state index contributed by atoms with van der Waals surface area (Å²) >= 11 is 0. The van der Waals surface area contributed by atoms with Gasteiger partial charge in [-0.15, -0.1) is 0 Å². The second-order valence-corrected chi connectivity index (χ2v) is 4.60. The van der Waals surface area contributed by atoms with Crippen molar-refractivity contribution in [3.8, 4) is 16.9 Å². The van der Waals surface area contributed by atoms with Crippen molar-refractivity contribution in [1.82, 2.24) is 10.3 Å². The van der Waals surface area contributed by atoms with Gasteiger partial charge in [0.1, 0.15) is 11.6 Å². The molecule has 4 heteroatoms. The second kappa shape index (κ2) is 7.01. The highest BCUT2D eigenvalue weighted by Gasteiger charge is 2.06. The molecule has 0 unspecified atom stereocenters. The number of nitrogens with one attached hydrogen (secondary N) is 1. The van der Waals surface area contributed by atoms with Crippen LogP contribution >= 0.6 is 0 Å². The van der Waals surface area contributed by atoms with Crippen LogP contribution in [0.2, 0.25) is 0 Å². The molecule has 20 heavy (non-hydrogen) atoms. The molecule has 0 saturated carbocycles. The van der Waals surface area contributed by atoms with Crippen LogP contribution in [0.15, 0.2) is 36.7 Å². The summed E-state index contributed by atoms with van der Waals surface area (Å²) in [6.07, 6.45) is 4.37. The summed E-state index contributed by atoms with van der Waals surface area (Å²) in [6, 6.07) is 7.10. The lowest BCUT2D eigenvalue weighted by molar-refractivity contribution is 0.413. The number of rotatable bonds is 6. The van der Waals surface area contributed by atoms with Gasteiger partial charge in [0, 0.05) is 23.9 Å². The lowest BCUT2D eigenvalue weighted by Crippen LogP contribution is -2.14. The third kappa shape index (κ3) is 3.54. The summed E-state index contributed by atoms with van der Waals surface area (Å²) in [6.45, 7) is 3.53. The molecule has 0 aliphatic heterocycles. The number of pyridine rings is 1. The van der Waals surface area contributed by atoms with Crippen LogP contribution in [0, 0.1) is 5.82 Å². The quantitative estimate of drug-likeness (QED) is 0.820. The van der Waals surface area contributed by atoms with Crippen LogP contribution in [0.1, 0.15) is 18.9 Å². The van der Waals surface area contributed by atoms with E-state index in [4.69, 9.17) is 4.74 Å². The first kappa shape index (κ1) is 14.5. The summed E-state index contributed by atoms with van der Waals surface area (Å²) in [5.41, 5.74) is 2.32. The molecule has 0 fully saturated rings. The molecule has 0 radical (unpaired) electrons. The molecule has 0 atom stereocenters. The Bertz CT molecular complexity index is 572. The zero-order valence-corrected chi connectivity index (χ0v) is 11.8. The van der Waals surface area contributed by atoms with Crippen LogP contribution in [0.4, 0.5) is 4.39 Å². The molecule has 1 heterocycles. The number of methoxy groups -OCH3 is 1. The minimum atomic E-state index is -0.200. The lowest BCUT2D eigenvalue weighted by atomic mass is 10.0. The van der Waals surface area contributed by atoms with Crippen molar-refractivity contribution >= 4 is 0 Å². The van der Waals surface area contributed by atoms with Gasteiger partial charge < -0.3 is 10.1 Å². The van der Waals surface area contributed by atoms with Crippen LogP contribution in [0.3, 0.4) is 0 Å². The maximum Gasteiger partial charge on any atom is 0.137 e. The molecule has 0 amide bonds. The van der Waals surface area contributed by atoms with Gasteiger partial charge in [-0.3, -0.25) is 4.98 Å². The standard InChI is InChI=1S/C16H19FN2O/c1-3-6-18-9-13-5-4-12(8-16(13)17)14-7-15(20-2)11-19-10-14/h4-5,7-8,10-11,18H,3,6,9H2,1-2H3. The molecule has 0 aliphatic rings. The SMILES string of the molecule is CCCNCc1ccc(-c2cncc(OC)c2)cc1F.